The summed E-state index contributed by atoms with van der Waals surface area (Å²) in [7, 11) is 0. The molecule has 0 rings (SSSR count). The molecule has 0 bridgehead atoms. The molecular weight excluding hydrogens is 439 g/mol. The van der Waals surface area contributed by atoms with E-state index in [4.69, 9.17) is 0 Å². The van der Waals surface area contributed by atoms with Crippen LogP contribution in [0.1, 0.15) is 0 Å². The fraction of sp³-hybridized carbons (Fsp3) is 0. The summed E-state index contributed by atoms with van der Waals surface area (Å²) in [6, 6.07) is 0. The van der Waals surface area contributed by atoms with Gasteiger partial charge in [-0.3, -0.25) is 0 Å². The average Bonchev–Trinajstić information content (AvgIpc) is 0. The Morgan fingerprint density at radius 2 is 1.00 bits per heavy atom. The Kier molecular flexibility index (Phi) is 206. The van der Waals surface area contributed by atoms with Crippen LogP contribution >= 0.6 is 0 Å². The van der Waals surface area contributed by atoms with Gasteiger partial charge in [0.05, 0.1) is 0 Å². The molecule has 0 unspecified atom stereocenters. The van der Waals surface area contributed by atoms with E-state index in [1.54, 1.807) is 0 Å². The molecule has 0 aromatic heterocycles. The summed E-state index contributed by atoms with van der Waals surface area (Å²) in [5.41, 5.74) is 0. The van der Waals surface area contributed by atoms with E-state index < -0.39 is 0 Å². The minimum absolute atomic E-state index is 0. The minimum atomic E-state index is 0. The quantitative estimate of drug-likeness (QED) is 0.471. The summed E-state index contributed by atoms with van der Waals surface area (Å²) in [5.74, 6) is 0. The van der Waals surface area contributed by atoms with Crippen molar-refractivity contribution >= 4 is 0 Å². The first-order chi connectivity index (χ1) is 0. The smallest absolute Gasteiger partial charge is 2.00 e. The molecule has 0 aromatic carbocycles. The second-order valence-electron chi connectivity index (χ2n) is 0. The third-order valence-electron chi connectivity index (χ3n) is 0. The van der Waals surface area contributed by atoms with Gasteiger partial charge in [0.25, 0.3) is 0 Å². The van der Waals surface area contributed by atoms with E-state index in [-0.39, 0.29) is 65.4 Å². The van der Waals surface area contributed by atoms with Gasteiger partial charge in [-0.05, 0) is 0 Å². The summed E-state index contributed by atoms with van der Waals surface area (Å²) in [5, 5.41) is 0. The first kappa shape index (κ1) is 39.6. The average molecular weight is 439 g/mol. The zero-order chi connectivity index (χ0) is 0. The monoisotopic (exact) mass is 439 g/mol. The molecule has 0 saturated carbocycles. The molecule has 0 aliphatic rings. The maximum Gasteiger partial charge on any atom is 5.00 e. The van der Waals surface area contributed by atoms with Crippen molar-refractivity contribution in [2.24, 2.45) is 0 Å². The van der Waals surface area contributed by atoms with Gasteiger partial charge in [0.2, 0.25) is 0 Å². The molecule has 0 heterocycles. The van der Waals surface area contributed by atoms with Crippen LogP contribution in [-0.2, 0) is 65.4 Å². The standard InChI is InChI=1S/Ni.O.Ta.W/q+2;-2;+5;+4. The fourth-order valence-corrected chi connectivity index (χ4v) is 0. The van der Waals surface area contributed by atoms with Crippen molar-refractivity contribution in [3.05, 3.63) is 0 Å². The summed E-state index contributed by atoms with van der Waals surface area (Å²) < 4.78 is 0. The topological polar surface area (TPSA) is 28.5 Å². The Labute approximate surface area is 64.9 Å². The van der Waals surface area contributed by atoms with Gasteiger partial charge >= 0.3 is 59.9 Å². The summed E-state index contributed by atoms with van der Waals surface area (Å²) in [6.07, 6.45) is 0. The van der Waals surface area contributed by atoms with Crippen molar-refractivity contribution in [3.8, 4) is 0 Å². The van der Waals surface area contributed by atoms with E-state index >= 15 is 0 Å². The van der Waals surface area contributed by atoms with Gasteiger partial charge in [-0.15, -0.1) is 0 Å². The van der Waals surface area contributed by atoms with Crippen LogP contribution in [0.25, 0.3) is 0 Å². The van der Waals surface area contributed by atoms with Crippen LogP contribution in [0, 0.1) is 0 Å². The SMILES string of the molecule is [Ni+2].[O-2].[Ta+5].[W+4]. The van der Waals surface area contributed by atoms with Crippen LogP contribution in [0.3, 0.4) is 0 Å². The third kappa shape index (κ3) is 9.10. The van der Waals surface area contributed by atoms with E-state index in [9.17, 15) is 0 Å². The minimum Gasteiger partial charge on any atom is -2.00 e. The predicted molar refractivity (Wildman–Crippen MR) is 0.686 cm³/mol. The molecule has 0 aliphatic carbocycles. The second kappa shape index (κ2) is 20.8. The fourth-order valence-electron chi connectivity index (χ4n) is 0. The molecule has 18 valence electrons. The molecule has 0 fully saturated rings. The van der Waals surface area contributed by atoms with Crippen molar-refractivity contribution in [2.45, 2.75) is 0 Å². The number of rotatable bonds is 0. The zero-order valence-corrected chi connectivity index (χ0v) is 8.71. The Hall–Kier alpha value is 1.88. The number of hydrogen-bond donors (Lipinski definition) is 0. The van der Waals surface area contributed by atoms with Crippen LogP contribution in [0.2, 0.25) is 0 Å². The summed E-state index contributed by atoms with van der Waals surface area (Å²) in [6.45, 7) is 0. The van der Waals surface area contributed by atoms with E-state index in [2.05, 4.69) is 0 Å². The normalized spacial score (nSPS) is 0. The third-order valence-corrected chi connectivity index (χ3v) is 0. The van der Waals surface area contributed by atoms with Gasteiger partial charge in [-0.2, -0.15) is 0 Å². The van der Waals surface area contributed by atoms with Crippen molar-refractivity contribution in [1.82, 2.24) is 0 Å². The Bertz CT molecular complexity index is 8.00. The molecule has 0 aromatic rings. The molecule has 1 nitrogen and oxygen atoms in total. The van der Waals surface area contributed by atoms with Gasteiger partial charge in [0.1, 0.15) is 0 Å². The molecule has 0 N–H and O–H groups in total. The van der Waals surface area contributed by atoms with E-state index in [1.807, 2.05) is 0 Å². The molecule has 0 spiro atoms. The van der Waals surface area contributed by atoms with Crippen LogP contribution < -0.4 is 0 Å². The molecule has 0 saturated heterocycles. The van der Waals surface area contributed by atoms with Crippen molar-refractivity contribution in [1.29, 1.82) is 0 Å². The molecule has 0 amide bonds. The van der Waals surface area contributed by atoms with E-state index in [1.165, 1.54) is 0 Å². The number of hydrogen-bond acceptors (Lipinski definition) is 0. The van der Waals surface area contributed by atoms with Crippen molar-refractivity contribution in [2.75, 3.05) is 0 Å². The maximum absolute atomic E-state index is 0. The zero-order valence-electron chi connectivity index (χ0n) is 1.58. The summed E-state index contributed by atoms with van der Waals surface area (Å²) >= 11 is 0. The van der Waals surface area contributed by atoms with E-state index in [0.29, 0.717) is 0 Å². The second-order valence-corrected chi connectivity index (χ2v) is 0. The molecule has 4 heavy (non-hydrogen) atoms. The molecule has 4 heteroatoms. The van der Waals surface area contributed by atoms with Gasteiger partial charge < -0.3 is 5.48 Å². The van der Waals surface area contributed by atoms with Crippen LogP contribution in [0.4, 0.5) is 0 Å². The first-order valence-electron chi connectivity index (χ1n) is 0. The van der Waals surface area contributed by atoms with Crippen molar-refractivity contribution in [3.63, 3.8) is 0 Å². The molecule has 0 radical (unpaired) electrons. The molecule has 0 atom stereocenters. The Balaban J connectivity index is 0. The van der Waals surface area contributed by atoms with Crippen LogP contribution in [0.15, 0.2) is 0 Å². The van der Waals surface area contributed by atoms with Gasteiger partial charge in [-0.25, -0.2) is 0 Å². The van der Waals surface area contributed by atoms with Crippen LogP contribution in [0.5, 0.6) is 0 Å². The first-order valence-corrected chi connectivity index (χ1v) is 0. The maximum atomic E-state index is 0. The van der Waals surface area contributed by atoms with Gasteiger partial charge in [0.15, 0.2) is 0 Å². The van der Waals surface area contributed by atoms with Crippen molar-refractivity contribution < 1.29 is 65.4 Å². The largest absolute Gasteiger partial charge is 5.00 e. The predicted octanol–water partition coefficient (Wildman–Crippen LogP) is -0.126. The molecular formula is NiOTaW+9. The van der Waals surface area contributed by atoms with Crippen LogP contribution in [-0.4, -0.2) is 0 Å². The Morgan fingerprint density at radius 1 is 1.00 bits per heavy atom. The van der Waals surface area contributed by atoms with Gasteiger partial charge in [0, 0.05) is 0 Å². The van der Waals surface area contributed by atoms with E-state index in [0.717, 1.165) is 0 Å². The molecule has 0 aliphatic heterocycles. The Morgan fingerprint density at radius 3 is 1.00 bits per heavy atom. The van der Waals surface area contributed by atoms with Gasteiger partial charge in [-0.1, -0.05) is 0 Å². The summed E-state index contributed by atoms with van der Waals surface area (Å²) in [4.78, 5) is 0.